The molecule has 0 aliphatic heterocycles. The number of aldehydes is 1. The fourth-order valence-electron chi connectivity index (χ4n) is 0.166. The second-order valence-corrected chi connectivity index (χ2v) is 1.55. The van der Waals surface area contributed by atoms with Gasteiger partial charge < -0.3 is 9.84 Å². The predicted octanol–water partition coefficient (Wildman–Crippen LogP) is -0.634. The number of hydrogen-bond donors (Lipinski definition) is 1. The molecule has 1 N–H and O–H groups in total. The van der Waals surface area contributed by atoms with E-state index in [2.05, 4.69) is 4.74 Å². The van der Waals surface area contributed by atoms with Crippen molar-refractivity contribution in [2.75, 3.05) is 0 Å². The van der Waals surface area contributed by atoms with Crippen LogP contribution in [0.25, 0.3) is 0 Å². The molecule has 0 aliphatic carbocycles. The van der Waals surface area contributed by atoms with Gasteiger partial charge in [-0.3, -0.25) is 14.4 Å². The van der Waals surface area contributed by atoms with Crippen LogP contribution >= 0.6 is 0 Å². The van der Waals surface area contributed by atoms with Gasteiger partial charge in [-0.15, -0.1) is 0 Å². The van der Waals surface area contributed by atoms with Crippen LogP contribution in [0.1, 0.15) is 13.8 Å². The van der Waals surface area contributed by atoms with Crippen molar-refractivity contribution in [3.05, 3.63) is 0 Å². The Morgan fingerprint density at radius 1 is 1.25 bits per heavy atom. The molecule has 0 aromatic heterocycles. The smallest absolute Gasteiger partial charge is 0.378 e. The van der Waals surface area contributed by atoms with E-state index in [-0.39, 0.29) is 6.29 Å². The van der Waals surface area contributed by atoms with Crippen molar-refractivity contribution in [3.63, 3.8) is 0 Å². The lowest BCUT2D eigenvalue weighted by Crippen LogP contribution is -2.08. The van der Waals surface area contributed by atoms with E-state index in [1.54, 1.807) is 0 Å². The molecule has 0 fully saturated rings. The largest absolute Gasteiger partial charge is 0.481 e. The number of esters is 2. The van der Waals surface area contributed by atoms with Crippen LogP contribution in [0.2, 0.25) is 0 Å². The summed E-state index contributed by atoms with van der Waals surface area (Å²) in [5.41, 5.74) is 0. The number of carboxylic acids is 1. The standard InChI is InChI=1S/C4H4O4.C2H4O2/c1-3(6)8-4(7)2-5;1-2(3)4/h2H,1H3;1H3,(H,3,4). The Morgan fingerprint density at radius 3 is 1.67 bits per heavy atom. The number of carbonyl (C=O) groups is 4. The zero-order chi connectivity index (χ0) is 10.1. The first kappa shape index (κ1) is 12.9. The Labute approximate surface area is 68.1 Å². The molecular formula is C6H8O6. The second-order valence-electron chi connectivity index (χ2n) is 1.55. The van der Waals surface area contributed by atoms with Gasteiger partial charge in [-0.2, -0.15) is 0 Å². The van der Waals surface area contributed by atoms with Gasteiger partial charge >= 0.3 is 11.9 Å². The molecule has 0 heterocycles. The van der Waals surface area contributed by atoms with Gasteiger partial charge in [0.2, 0.25) is 6.29 Å². The Bertz CT molecular complexity index is 190. The first-order valence-electron chi connectivity index (χ1n) is 2.77. The fourth-order valence-corrected chi connectivity index (χ4v) is 0.166. The van der Waals surface area contributed by atoms with Gasteiger partial charge in [-0.05, 0) is 0 Å². The molecule has 0 atom stereocenters. The number of hydrogen-bond acceptors (Lipinski definition) is 5. The van der Waals surface area contributed by atoms with E-state index in [1.807, 2.05) is 0 Å². The molecule has 6 heteroatoms. The second kappa shape index (κ2) is 7.39. The zero-order valence-corrected chi connectivity index (χ0v) is 6.57. The summed E-state index contributed by atoms with van der Waals surface area (Å²) in [6, 6.07) is 0. The third kappa shape index (κ3) is 24.0. The normalized spacial score (nSPS) is 7.17. The summed E-state index contributed by atoms with van der Waals surface area (Å²) in [5, 5.41) is 7.42. The summed E-state index contributed by atoms with van der Waals surface area (Å²) >= 11 is 0. The highest BCUT2D eigenvalue weighted by atomic mass is 16.6. The van der Waals surface area contributed by atoms with Gasteiger partial charge in [0.15, 0.2) is 0 Å². The van der Waals surface area contributed by atoms with Crippen LogP contribution in [0, 0.1) is 0 Å². The van der Waals surface area contributed by atoms with Gasteiger partial charge in [-0.1, -0.05) is 0 Å². The SMILES string of the molecule is CC(=O)O.CC(=O)OC(=O)C=O. The maximum absolute atomic E-state index is 9.81. The van der Waals surface area contributed by atoms with E-state index >= 15 is 0 Å². The van der Waals surface area contributed by atoms with Crippen LogP contribution in [0.5, 0.6) is 0 Å². The van der Waals surface area contributed by atoms with Crippen LogP contribution in [0.3, 0.4) is 0 Å². The molecular weight excluding hydrogens is 168 g/mol. The summed E-state index contributed by atoms with van der Waals surface area (Å²) in [6.45, 7) is 2.13. The summed E-state index contributed by atoms with van der Waals surface area (Å²) < 4.78 is 3.75. The Morgan fingerprint density at radius 2 is 1.58 bits per heavy atom. The van der Waals surface area contributed by atoms with E-state index in [0.717, 1.165) is 13.8 Å². The minimum atomic E-state index is -1.16. The topological polar surface area (TPSA) is 97.7 Å². The van der Waals surface area contributed by atoms with Crippen LogP contribution < -0.4 is 0 Å². The molecule has 0 aliphatic rings. The van der Waals surface area contributed by atoms with Gasteiger partial charge in [-0.25, -0.2) is 4.79 Å². The number of aliphatic carboxylic acids is 1. The molecule has 68 valence electrons. The number of rotatable bonds is 1. The molecule has 0 saturated carbocycles. The zero-order valence-electron chi connectivity index (χ0n) is 6.57. The Kier molecular flexibility index (Phi) is 7.95. The molecule has 0 rings (SSSR count). The van der Waals surface area contributed by atoms with E-state index < -0.39 is 17.9 Å². The number of carbonyl (C=O) groups excluding carboxylic acids is 3. The monoisotopic (exact) mass is 176 g/mol. The third-order valence-corrected chi connectivity index (χ3v) is 0.341. The average Bonchev–Trinajstić information content (AvgIpc) is 1.84. The lowest BCUT2D eigenvalue weighted by atomic mass is 10.7. The first-order valence-corrected chi connectivity index (χ1v) is 2.77. The minimum absolute atomic E-state index is 0.0681. The number of ether oxygens (including phenoxy) is 1. The third-order valence-electron chi connectivity index (χ3n) is 0.341. The maximum Gasteiger partial charge on any atom is 0.378 e. The fraction of sp³-hybridized carbons (Fsp3) is 0.333. The van der Waals surface area contributed by atoms with Gasteiger partial charge in [0, 0.05) is 13.8 Å². The van der Waals surface area contributed by atoms with Crippen molar-refractivity contribution >= 4 is 24.2 Å². The van der Waals surface area contributed by atoms with Crippen molar-refractivity contribution in [2.24, 2.45) is 0 Å². The van der Waals surface area contributed by atoms with Crippen molar-refractivity contribution in [1.29, 1.82) is 0 Å². The minimum Gasteiger partial charge on any atom is -0.481 e. The molecule has 0 saturated heterocycles. The maximum atomic E-state index is 9.81. The van der Waals surface area contributed by atoms with E-state index in [1.165, 1.54) is 0 Å². The summed E-state index contributed by atoms with van der Waals surface area (Å²) in [6.07, 6.45) is -0.0681. The average molecular weight is 176 g/mol. The van der Waals surface area contributed by atoms with Crippen molar-refractivity contribution in [3.8, 4) is 0 Å². The summed E-state index contributed by atoms with van der Waals surface area (Å²) in [4.78, 5) is 38.0. The van der Waals surface area contributed by atoms with Crippen LogP contribution in [0.4, 0.5) is 0 Å². The first-order chi connectivity index (χ1) is 5.40. The number of carboxylic acid groups (broad SMARTS) is 1. The van der Waals surface area contributed by atoms with Crippen LogP contribution in [-0.2, 0) is 23.9 Å². The van der Waals surface area contributed by atoms with Crippen molar-refractivity contribution in [1.82, 2.24) is 0 Å². The highest BCUT2D eigenvalue weighted by Crippen LogP contribution is 1.72. The molecule has 0 aromatic carbocycles. The van der Waals surface area contributed by atoms with Gasteiger partial charge in [0.1, 0.15) is 0 Å². The van der Waals surface area contributed by atoms with Gasteiger partial charge in [0.25, 0.3) is 5.97 Å². The summed E-state index contributed by atoms with van der Waals surface area (Å²) in [5.74, 6) is -2.76. The molecule has 0 bridgehead atoms. The summed E-state index contributed by atoms with van der Waals surface area (Å²) in [7, 11) is 0. The Balaban J connectivity index is 0. The lowest BCUT2D eigenvalue weighted by Gasteiger charge is -1.86. The molecule has 0 spiro atoms. The molecule has 0 unspecified atom stereocenters. The molecule has 0 radical (unpaired) electrons. The predicted molar refractivity (Wildman–Crippen MR) is 36.1 cm³/mol. The van der Waals surface area contributed by atoms with E-state index in [9.17, 15) is 14.4 Å². The van der Waals surface area contributed by atoms with Gasteiger partial charge in [0.05, 0.1) is 0 Å². The van der Waals surface area contributed by atoms with Crippen molar-refractivity contribution in [2.45, 2.75) is 13.8 Å². The Hall–Kier alpha value is -1.72. The quantitative estimate of drug-likeness (QED) is 0.247. The lowest BCUT2D eigenvalue weighted by molar-refractivity contribution is -0.159. The van der Waals surface area contributed by atoms with E-state index in [0.29, 0.717) is 0 Å². The highest BCUT2D eigenvalue weighted by molar-refractivity contribution is 6.22. The highest BCUT2D eigenvalue weighted by Gasteiger charge is 2.00. The molecule has 12 heavy (non-hydrogen) atoms. The van der Waals surface area contributed by atoms with Crippen molar-refractivity contribution < 1.29 is 29.0 Å². The molecule has 0 amide bonds. The van der Waals surface area contributed by atoms with E-state index in [4.69, 9.17) is 9.90 Å². The molecule has 0 aromatic rings. The van der Waals surface area contributed by atoms with Crippen LogP contribution in [-0.4, -0.2) is 29.3 Å². The van der Waals surface area contributed by atoms with Crippen LogP contribution in [0.15, 0.2) is 0 Å². The molecule has 6 nitrogen and oxygen atoms in total.